The zero-order chi connectivity index (χ0) is 17.7. The number of anilines is 1. The molecule has 0 saturated carbocycles. The number of carbonyl (C=O) groups excluding carboxylic acids is 1. The largest absolute Gasteiger partial charge is 0.495 e. The van der Waals surface area contributed by atoms with E-state index in [-0.39, 0.29) is 10.8 Å². The molecule has 134 valence electrons. The van der Waals surface area contributed by atoms with Crippen molar-refractivity contribution in [2.24, 2.45) is 0 Å². The number of carbonyl (C=O) groups is 1. The van der Waals surface area contributed by atoms with E-state index in [9.17, 15) is 13.2 Å². The lowest BCUT2D eigenvalue weighted by molar-refractivity contribution is -0.903. The van der Waals surface area contributed by atoms with E-state index in [2.05, 4.69) is 12.2 Å². The fourth-order valence-electron chi connectivity index (χ4n) is 2.93. The summed E-state index contributed by atoms with van der Waals surface area (Å²) in [4.78, 5) is 12.9. The van der Waals surface area contributed by atoms with E-state index in [4.69, 9.17) is 4.74 Å². The summed E-state index contributed by atoms with van der Waals surface area (Å²) in [6.07, 6.45) is 1.10. The Morgan fingerprint density at radius 3 is 2.54 bits per heavy atom. The highest BCUT2D eigenvalue weighted by molar-refractivity contribution is 7.89. The number of benzene rings is 1. The van der Waals surface area contributed by atoms with Crippen LogP contribution in [0.15, 0.2) is 23.1 Å². The lowest BCUT2D eigenvalue weighted by Gasteiger charge is -2.31. The van der Waals surface area contributed by atoms with Gasteiger partial charge >= 0.3 is 0 Å². The number of nitrogens with one attached hydrogen (secondary N) is 2. The molecule has 1 saturated heterocycles. The van der Waals surface area contributed by atoms with E-state index < -0.39 is 10.0 Å². The molecule has 0 aromatic heterocycles. The minimum atomic E-state index is -3.57. The van der Waals surface area contributed by atoms with Crippen LogP contribution < -0.4 is 15.0 Å². The monoisotopic (exact) mass is 356 g/mol. The molecule has 1 heterocycles. The van der Waals surface area contributed by atoms with Crippen LogP contribution in [-0.4, -0.2) is 58.5 Å². The molecule has 1 amide bonds. The Bertz CT molecular complexity index is 683. The van der Waals surface area contributed by atoms with Gasteiger partial charge in [0.1, 0.15) is 5.75 Å². The van der Waals surface area contributed by atoms with Gasteiger partial charge in [-0.2, -0.15) is 4.31 Å². The lowest BCUT2D eigenvalue weighted by Crippen LogP contribution is -3.14. The molecule has 0 spiro atoms. The standard InChI is InChI=1S/C16H25N3O4S/c1-4-7-18-8-10-19(11-9-18)24(21,22)14-5-6-16(23-3)15(12-14)17-13(2)20/h5-6,12H,4,7-11H2,1-3H3,(H,17,20)/p+1. The second kappa shape index (κ2) is 7.96. The third-order valence-corrected chi connectivity index (χ3v) is 6.05. The molecule has 1 aliphatic rings. The Morgan fingerprint density at radius 2 is 2.00 bits per heavy atom. The molecular weight excluding hydrogens is 330 g/mol. The van der Waals surface area contributed by atoms with Gasteiger partial charge in [-0.1, -0.05) is 6.92 Å². The van der Waals surface area contributed by atoms with Crippen LogP contribution in [0, 0.1) is 0 Å². The number of quaternary nitrogens is 1. The quantitative estimate of drug-likeness (QED) is 0.749. The molecule has 2 rings (SSSR count). The first-order chi connectivity index (χ1) is 11.4. The van der Waals surface area contributed by atoms with E-state index in [1.807, 2.05) is 0 Å². The number of piperazine rings is 1. The number of methoxy groups -OCH3 is 1. The fraction of sp³-hybridized carbons (Fsp3) is 0.562. The van der Waals surface area contributed by atoms with Crippen molar-refractivity contribution >= 4 is 21.6 Å². The van der Waals surface area contributed by atoms with E-state index >= 15 is 0 Å². The van der Waals surface area contributed by atoms with E-state index in [1.54, 1.807) is 6.07 Å². The van der Waals surface area contributed by atoms with Crippen molar-refractivity contribution in [2.75, 3.05) is 45.2 Å². The molecule has 24 heavy (non-hydrogen) atoms. The number of hydrogen-bond acceptors (Lipinski definition) is 4. The van der Waals surface area contributed by atoms with Crippen molar-refractivity contribution in [3.8, 4) is 5.75 Å². The maximum Gasteiger partial charge on any atom is 0.243 e. The summed E-state index contributed by atoms with van der Waals surface area (Å²) in [6.45, 7) is 7.25. The number of ether oxygens (including phenoxy) is 1. The van der Waals surface area contributed by atoms with Crippen LogP contribution in [0.25, 0.3) is 0 Å². The molecule has 8 heteroatoms. The molecule has 7 nitrogen and oxygen atoms in total. The first-order valence-corrected chi connectivity index (χ1v) is 9.61. The third-order valence-electron chi connectivity index (χ3n) is 4.15. The smallest absolute Gasteiger partial charge is 0.243 e. The van der Waals surface area contributed by atoms with Crippen molar-refractivity contribution < 1.29 is 22.8 Å². The summed E-state index contributed by atoms with van der Waals surface area (Å²) in [7, 11) is -2.09. The minimum Gasteiger partial charge on any atom is -0.495 e. The van der Waals surface area contributed by atoms with Crippen LogP contribution in [0.4, 0.5) is 5.69 Å². The van der Waals surface area contributed by atoms with Crippen LogP contribution in [-0.2, 0) is 14.8 Å². The summed E-state index contributed by atoms with van der Waals surface area (Å²) in [6, 6.07) is 4.54. The van der Waals surface area contributed by atoms with Gasteiger partial charge in [0.15, 0.2) is 0 Å². The molecule has 0 unspecified atom stereocenters. The summed E-state index contributed by atoms with van der Waals surface area (Å²) in [5, 5.41) is 2.61. The topological polar surface area (TPSA) is 80.2 Å². The maximum atomic E-state index is 12.9. The Hall–Kier alpha value is -1.64. The summed E-state index contributed by atoms with van der Waals surface area (Å²) in [5.41, 5.74) is 0.362. The van der Waals surface area contributed by atoms with Gasteiger partial charge in [-0.25, -0.2) is 8.42 Å². The zero-order valence-electron chi connectivity index (χ0n) is 14.5. The van der Waals surface area contributed by atoms with Crippen LogP contribution >= 0.6 is 0 Å². The Morgan fingerprint density at radius 1 is 1.33 bits per heavy atom. The van der Waals surface area contributed by atoms with Crippen LogP contribution in [0.5, 0.6) is 5.75 Å². The summed E-state index contributed by atoms with van der Waals surface area (Å²) >= 11 is 0. The molecule has 1 aromatic rings. The van der Waals surface area contributed by atoms with Gasteiger partial charge in [-0.15, -0.1) is 0 Å². The molecule has 0 bridgehead atoms. The second-order valence-corrected chi connectivity index (χ2v) is 7.89. The van der Waals surface area contributed by atoms with Gasteiger partial charge in [0.25, 0.3) is 0 Å². The lowest BCUT2D eigenvalue weighted by atomic mass is 10.3. The van der Waals surface area contributed by atoms with Gasteiger partial charge in [0.05, 0.1) is 50.4 Å². The Labute approximate surface area is 143 Å². The second-order valence-electron chi connectivity index (χ2n) is 5.95. The van der Waals surface area contributed by atoms with E-state index in [0.29, 0.717) is 24.5 Å². The highest BCUT2D eigenvalue weighted by Gasteiger charge is 2.30. The highest BCUT2D eigenvalue weighted by Crippen LogP contribution is 2.28. The maximum absolute atomic E-state index is 12.9. The fourth-order valence-corrected chi connectivity index (χ4v) is 4.40. The predicted octanol–water partition coefficient (Wildman–Crippen LogP) is -0.0472. The van der Waals surface area contributed by atoms with Crippen molar-refractivity contribution in [3.63, 3.8) is 0 Å². The number of sulfonamides is 1. The minimum absolute atomic E-state index is 0.172. The molecule has 2 N–H and O–H groups in total. The SMILES string of the molecule is CCC[NH+]1CCN(S(=O)(=O)c2ccc(OC)c(NC(C)=O)c2)CC1. The van der Waals surface area contributed by atoms with Crippen molar-refractivity contribution in [3.05, 3.63) is 18.2 Å². The van der Waals surface area contributed by atoms with Crippen molar-refractivity contribution in [1.29, 1.82) is 0 Å². The predicted molar refractivity (Wildman–Crippen MR) is 91.9 cm³/mol. The van der Waals surface area contributed by atoms with E-state index in [0.717, 1.165) is 26.1 Å². The number of nitrogens with zero attached hydrogens (tertiary/aromatic N) is 1. The zero-order valence-corrected chi connectivity index (χ0v) is 15.3. The average Bonchev–Trinajstić information content (AvgIpc) is 2.55. The van der Waals surface area contributed by atoms with Crippen LogP contribution in [0.2, 0.25) is 0 Å². The molecule has 1 aromatic carbocycles. The molecule has 0 atom stereocenters. The van der Waals surface area contributed by atoms with Crippen LogP contribution in [0.1, 0.15) is 20.3 Å². The highest BCUT2D eigenvalue weighted by atomic mass is 32.2. The molecule has 0 aliphatic carbocycles. The number of hydrogen-bond donors (Lipinski definition) is 2. The van der Waals surface area contributed by atoms with Crippen molar-refractivity contribution in [1.82, 2.24) is 4.31 Å². The van der Waals surface area contributed by atoms with Gasteiger partial charge in [-0.3, -0.25) is 4.79 Å². The Kier molecular flexibility index (Phi) is 6.20. The molecule has 1 aliphatic heterocycles. The van der Waals surface area contributed by atoms with Gasteiger partial charge < -0.3 is 15.0 Å². The van der Waals surface area contributed by atoms with E-state index in [1.165, 1.54) is 35.4 Å². The summed E-state index contributed by atoms with van der Waals surface area (Å²) in [5.74, 6) is 0.154. The van der Waals surface area contributed by atoms with Crippen molar-refractivity contribution in [2.45, 2.75) is 25.2 Å². The Balaban J connectivity index is 2.22. The van der Waals surface area contributed by atoms with Gasteiger partial charge in [0, 0.05) is 6.92 Å². The van der Waals surface area contributed by atoms with Gasteiger partial charge in [-0.05, 0) is 24.6 Å². The molecule has 1 fully saturated rings. The number of rotatable bonds is 6. The summed E-state index contributed by atoms with van der Waals surface area (Å²) < 4.78 is 32.4. The first kappa shape index (κ1) is 18.7. The van der Waals surface area contributed by atoms with Gasteiger partial charge in [0.2, 0.25) is 15.9 Å². The van der Waals surface area contributed by atoms with Crippen LogP contribution in [0.3, 0.4) is 0 Å². The third kappa shape index (κ3) is 4.25. The normalized spacial score (nSPS) is 16.8. The number of amides is 1. The first-order valence-electron chi connectivity index (χ1n) is 8.17. The average molecular weight is 356 g/mol. The molecule has 0 radical (unpaired) electrons. The molecular formula is C16H26N3O4S+.